The smallest absolute Gasteiger partial charge is 0.248 e. The Morgan fingerprint density at radius 3 is 2.53 bits per heavy atom. The average molecular weight is 274 g/mol. The molecule has 0 unspecified atom stereocenters. The van der Waals surface area contributed by atoms with E-state index in [0.717, 1.165) is 10.6 Å². The molecule has 4 nitrogen and oxygen atoms in total. The number of hydrogen-bond donors (Lipinski definition) is 2. The van der Waals surface area contributed by atoms with Crippen LogP contribution in [0.5, 0.6) is 11.5 Å². The van der Waals surface area contributed by atoms with Crippen LogP contribution in [-0.2, 0) is 0 Å². The molecule has 0 aliphatic heterocycles. The highest BCUT2D eigenvalue weighted by Crippen LogP contribution is 2.34. The molecule has 0 fully saturated rings. The summed E-state index contributed by atoms with van der Waals surface area (Å²) in [5.74, 6) is 0.725. The van der Waals surface area contributed by atoms with Gasteiger partial charge in [0.2, 0.25) is 5.91 Å². The van der Waals surface area contributed by atoms with Crippen molar-refractivity contribution in [3.63, 3.8) is 0 Å². The van der Waals surface area contributed by atoms with Gasteiger partial charge < -0.3 is 16.2 Å². The minimum absolute atomic E-state index is 0.364. The summed E-state index contributed by atoms with van der Waals surface area (Å²) in [6.45, 7) is 0. The monoisotopic (exact) mass is 274 g/mol. The summed E-state index contributed by atoms with van der Waals surface area (Å²) >= 11 is 1.59. The van der Waals surface area contributed by atoms with Gasteiger partial charge in [-0.3, -0.25) is 4.79 Å². The maximum atomic E-state index is 11.0. The quantitative estimate of drug-likeness (QED) is 0.663. The largest absolute Gasteiger partial charge is 0.454 e. The number of primary amides is 1. The highest BCUT2D eigenvalue weighted by atomic mass is 32.2. The predicted octanol–water partition coefficient (Wildman–Crippen LogP) is 2.88. The van der Waals surface area contributed by atoms with Crippen LogP contribution in [0.25, 0.3) is 0 Å². The van der Waals surface area contributed by atoms with Gasteiger partial charge in [0.15, 0.2) is 0 Å². The van der Waals surface area contributed by atoms with Crippen LogP contribution in [-0.4, -0.2) is 12.2 Å². The second-order valence-corrected chi connectivity index (χ2v) is 4.72. The molecule has 0 aliphatic carbocycles. The Morgan fingerprint density at radius 1 is 1.16 bits per heavy atom. The third-order valence-electron chi connectivity index (χ3n) is 2.58. The molecule has 0 atom stereocenters. The van der Waals surface area contributed by atoms with E-state index in [1.54, 1.807) is 23.9 Å². The van der Waals surface area contributed by atoms with Crippen LogP contribution < -0.4 is 16.2 Å². The van der Waals surface area contributed by atoms with Gasteiger partial charge in [0.05, 0.1) is 5.69 Å². The molecular formula is C14H14N2O2S. The molecule has 2 aromatic rings. The van der Waals surface area contributed by atoms with E-state index >= 15 is 0 Å². The fourth-order valence-corrected chi connectivity index (χ4v) is 2.14. The third-order valence-corrected chi connectivity index (χ3v) is 3.36. The molecule has 5 heteroatoms. The van der Waals surface area contributed by atoms with Crippen molar-refractivity contribution in [1.29, 1.82) is 0 Å². The Bertz CT molecular complexity index is 614. The van der Waals surface area contributed by atoms with Gasteiger partial charge in [-0.1, -0.05) is 12.1 Å². The lowest BCUT2D eigenvalue weighted by molar-refractivity contribution is 0.100. The molecule has 0 aliphatic rings. The van der Waals surface area contributed by atoms with Crippen LogP contribution in [0.1, 0.15) is 10.4 Å². The minimum atomic E-state index is -0.511. The summed E-state index contributed by atoms with van der Waals surface area (Å²) in [6.07, 6.45) is 1.97. The lowest BCUT2D eigenvalue weighted by Gasteiger charge is -2.11. The van der Waals surface area contributed by atoms with Gasteiger partial charge in [0.25, 0.3) is 0 Å². The summed E-state index contributed by atoms with van der Waals surface area (Å²) in [5, 5.41) is 0. The molecule has 4 N–H and O–H groups in total. The number of carbonyl (C=O) groups excluding carboxylic acids is 1. The first kappa shape index (κ1) is 13.3. The van der Waals surface area contributed by atoms with Crippen LogP contribution in [0.2, 0.25) is 0 Å². The fraction of sp³-hybridized carbons (Fsp3) is 0.0714. The second kappa shape index (κ2) is 5.67. The van der Waals surface area contributed by atoms with Gasteiger partial charge in [0.1, 0.15) is 11.5 Å². The Morgan fingerprint density at radius 2 is 1.89 bits per heavy atom. The number of hydrogen-bond acceptors (Lipinski definition) is 4. The molecule has 2 rings (SSSR count). The Kier molecular flexibility index (Phi) is 3.97. The van der Waals surface area contributed by atoms with Crippen molar-refractivity contribution in [3.05, 3.63) is 48.0 Å². The van der Waals surface area contributed by atoms with Gasteiger partial charge in [-0.15, -0.1) is 11.8 Å². The highest BCUT2D eigenvalue weighted by Gasteiger charge is 2.08. The van der Waals surface area contributed by atoms with Gasteiger partial charge >= 0.3 is 0 Å². The molecule has 0 heterocycles. The first-order valence-corrected chi connectivity index (χ1v) is 6.84. The van der Waals surface area contributed by atoms with Gasteiger partial charge in [-0.2, -0.15) is 0 Å². The molecule has 19 heavy (non-hydrogen) atoms. The van der Waals surface area contributed by atoms with E-state index in [4.69, 9.17) is 16.2 Å². The number of nitrogen functional groups attached to an aromatic ring is 1. The van der Waals surface area contributed by atoms with E-state index < -0.39 is 5.91 Å². The number of amides is 1. The highest BCUT2D eigenvalue weighted by molar-refractivity contribution is 7.98. The number of para-hydroxylation sites is 1. The number of thioether (sulfide) groups is 1. The van der Waals surface area contributed by atoms with Crippen molar-refractivity contribution in [2.75, 3.05) is 12.0 Å². The molecule has 0 spiro atoms. The third kappa shape index (κ3) is 3.00. The van der Waals surface area contributed by atoms with Crippen LogP contribution in [0.15, 0.2) is 47.4 Å². The Balaban J connectivity index is 2.31. The molecule has 0 bridgehead atoms. The first-order chi connectivity index (χ1) is 9.11. The summed E-state index contributed by atoms with van der Waals surface area (Å²) in [5.41, 5.74) is 11.8. The first-order valence-electron chi connectivity index (χ1n) is 5.62. The van der Waals surface area contributed by atoms with E-state index in [0.29, 0.717) is 17.0 Å². The van der Waals surface area contributed by atoms with E-state index in [2.05, 4.69) is 0 Å². The second-order valence-electron chi connectivity index (χ2n) is 3.87. The van der Waals surface area contributed by atoms with Crippen molar-refractivity contribution < 1.29 is 9.53 Å². The van der Waals surface area contributed by atoms with Crippen molar-refractivity contribution >= 4 is 23.4 Å². The molecule has 2 aromatic carbocycles. The summed E-state index contributed by atoms with van der Waals surface area (Å²) in [7, 11) is 0. The van der Waals surface area contributed by atoms with Crippen LogP contribution in [0, 0.1) is 0 Å². The molecule has 0 aromatic heterocycles. The Hall–Kier alpha value is -2.14. The lowest BCUT2D eigenvalue weighted by Crippen LogP contribution is -2.11. The predicted molar refractivity (Wildman–Crippen MR) is 77.7 cm³/mol. The van der Waals surface area contributed by atoms with Crippen LogP contribution in [0.4, 0.5) is 5.69 Å². The molecule has 0 saturated heterocycles. The fourth-order valence-electron chi connectivity index (χ4n) is 1.62. The van der Waals surface area contributed by atoms with Gasteiger partial charge in [0, 0.05) is 10.5 Å². The molecule has 0 radical (unpaired) electrons. The van der Waals surface area contributed by atoms with E-state index in [1.807, 2.05) is 30.5 Å². The SMILES string of the molecule is CSc1ccccc1Oc1ccc(C(N)=O)cc1N. The molecule has 1 amide bonds. The van der Waals surface area contributed by atoms with E-state index in [9.17, 15) is 4.79 Å². The zero-order valence-electron chi connectivity index (χ0n) is 10.4. The zero-order valence-corrected chi connectivity index (χ0v) is 11.2. The maximum absolute atomic E-state index is 11.0. The summed E-state index contributed by atoms with van der Waals surface area (Å²) in [6, 6.07) is 12.4. The average Bonchev–Trinajstić information content (AvgIpc) is 2.41. The Labute approximate surface area is 115 Å². The van der Waals surface area contributed by atoms with Gasteiger partial charge in [-0.05, 0) is 36.6 Å². The lowest BCUT2D eigenvalue weighted by atomic mass is 10.2. The van der Waals surface area contributed by atoms with Crippen LogP contribution >= 0.6 is 11.8 Å². The van der Waals surface area contributed by atoms with E-state index in [1.165, 1.54) is 6.07 Å². The maximum Gasteiger partial charge on any atom is 0.248 e. The van der Waals surface area contributed by atoms with Crippen molar-refractivity contribution in [1.82, 2.24) is 0 Å². The van der Waals surface area contributed by atoms with Crippen molar-refractivity contribution in [2.45, 2.75) is 4.90 Å². The minimum Gasteiger partial charge on any atom is -0.454 e. The van der Waals surface area contributed by atoms with Crippen molar-refractivity contribution in [3.8, 4) is 11.5 Å². The number of carbonyl (C=O) groups is 1. The van der Waals surface area contributed by atoms with E-state index in [-0.39, 0.29) is 0 Å². The number of ether oxygens (including phenoxy) is 1. The molecule has 98 valence electrons. The summed E-state index contributed by atoms with van der Waals surface area (Å²) in [4.78, 5) is 12.1. The van der Waals surface area contributed by atoms with Crippen molar-refractivity contribution in [2.24, 2.45) is 5.73 Å². The normalized spacial score (nSPS) is 10.2. The number of benzene rings is 2. The standard InChI is InChI=1S/C14H14N2O2S/c1-19-13-5-3-2-4-12(13)18-11-7-6-9(14(16)17)8-10(11)15/h2-8H,15H2,1H3,(H2,16,17). The molecular weight excluding hydrogens is 260 g/mol. The number of nitrogens with two attached hydrogens (primary N) is 2. The number of rotatable bonds is 4. The van der Waals surface area contributed by atoms with Gasteiger partial charge in [-0.25, -0.2) is 0 Å². The molecule has 0 saturated carbocycles. The zero-order chi connectivity index (χ0) is 13.8. The number of anilines is 1. The van der Waals surface area contributed by atoms with Crippen LogP contribution in [0.3, 0.4) is 0 Å². The summed E-state index contributed by atoms with van der Waals surface area (Å²) < 4.78 is 5.77. The topological polar surface area (TPSA) is 78.3 Å².